The molecule has 1 aromatic heterocycles. The van der Waals surface area contributed by atoms with Crippen LogP contribution in [0.25, 0.3) is 0 Å². The number of hydrogen-bond acceptors (Lipinski definition) is 6. The van der Waals surface area contributed by atoms with Gasteiger partial charge in [0, 0.05) is 31.3 Å². The maximum absolute atomic E-state index is 13.5. The first-order valence-electron chi connectivity index (χ1n) is 12.8. The third-order valence-electron chi connectivity index (χ3n) is 8.86. The lowest BCUT2D eigenvalue weighted by Crippen LogP contribution is -2.61. The Hall–Kier alpha value is -1.73. The van der Waals surface area contributed by atoms with E-state index in [2.05, 4.69) is 15.6 Å². The molecule has 2 heterocycles. The number of anilines is 1. The van der Waals surface area contributed by atoms with Crippen molar-refractivity contribution in [2.24, 2.45) is 17.8 Å². The second-order valence-electron chi connectivity index (χ2n) is 11.2. The quantitative estimate of drug-likeness (QED) is 0.627. The zero-order valence-electron chi connectivity index (χ0n) is 18.9. The van der Waals surface area contributed by atoms with Crippen LogP contribution in [0.4, 0.5) is 5.95 Å². The summed E-state index contributed by atoms with van der Waals surface area (Å²) in [5, 5.41) is 17.6. The number of aromatic nitrogens is 2. The second kappa shape index (κ2) is 8.24. The summed E-state index contributed by atoms with van der Waals surface area (Å²) in [5.41, 5.74) is 1.08. The number of aliphatic hydroxyl groups is 1. The first-order valence-corrected chi connectivity index (χ1v) is 12.8. The van der Waals surface area contributed by atoms with Gasteiger partial charge in [0.15, 0.2) is 0 Å². The van der Waals surface area contributed by atoms with Gasteiger partial charge in [0.25, 0.3) is 5.91 Å². The highest BCUT2D eigenvalue weighted by Gasteiger charge is 2.55. The molecule has 6 fully saturated rings. The van der Waals surface area contributed by atoms with Gasteiger partial charge in [-0.15, -0.1) is 0 Å². The van der Waals surface area contributed by atoms with E-state index in [4.69, 9.17) is 9.72 Å². The van der Waals surface area contributed by atoms with Crippen LogP contribution in [0.1, 0.15) is 92.6 Å². The SMILES string of the molecule is O=C(N[C@H]1C2CC3CC1C[C@@](O)(C3)C2)c1cnc(NC[C@@H]2CCCO2)nc1C1CCCC1. The Bertz CT molecular complexity index is 849. The Morgan fingerprint density at radius 2 is 1.91 bits per heavy atom. The van der Waals surface area contributed by atoms with Crippen molar-refractivity contribution in [3.05, 3.63) is 17.5 Å². The molecule has 1 aromatic rings. The summed E-state index contributed by atoms with van der Waals surface area (Å²) in [4.78, 5) is 22.8. The van der Waals surface area contributed by atoms with Crippen LogP contribution in [0.2, 0.25) is 0 Å². The molecule has 7 nitrogen and oxygen atoms in total. The third-order valence-corrected chi connectivity index (χ3v) is 8.86. The van der Waals surface area contributed by atoms with Gasteiger partial charge in [-0.1, -0.05) is 12.8 Å². The highest BCUT2D eigenvalue weighted by molar-refractivity contribution is 5.95. The van der Waals surface area contributed by atoms with E-state index in [0.29, 0.717) is 41.7 Å². The summed E-state index contributed by atoms with van der Waals surface area (Å²) in [7, 11) is 0. The molecule has 1 saturated heterocycles. The molecule has 4 bridgehead atoms. The van der Waals surface area contributed by atoms with E-state index in [9.17, 15) is 9.90 Å². The van der Waals surface area contributed by atoms with Crippen molar-refractivity contribution in [3.8, 4) is 0 Å². The van der Waals surface area contributed by atoms with Crippen molar-refractivity contribution in [2.75, 3.05) is 18.5 Å². The molecule has 0 aromatic carbocycles. The summed E-state index contributed by atoms with van der Waals surface area (Å²) >= 11 is 0. The number of carbonyl (C=O) groups excluding carboxylic acids is 1. The molecule has 0 spiro atoms. The Morgan fingerprint density at radius 3 is 2.59 bits per heavy atom. The Kier molecular flexibility index (Phi) is 5.37. The van der Waals surface area contributed by atoms with Crippen LogP contribution in [0.5, 0.6) is 0 Å². The zero-order chi connectivity index (χ0) is 21.7. The molecule has 7 heteroatoms. The molecule has 0 radical (unpaired) electrons. The van der Waals surface area contributed by atoms with Crippen LogP contribution in [0.3, 0.4) is 0 Å². The van der Waals surface area contributed by atoms with Crippen LogP contribution in [0, 0.1) is 17.8 Å². The van der Waals surface area contributed by atoms with Gasteiger partial charge in [-0.3, -0.25) is 4.79 Å². The lowest BCUT2D eigenvalue weighted by atomic mass is 9.52. The lowest BCUT2D eigenvalue weighted by molar-refractivity contribution is -0.136. The number of nitrogens with zero attached hydrogens (tertiary/aromatic N) is 2. The van der Waals surface area contributed by atoms with Crippen LogP contribution in [-0.2, 0) is 4.74 Å². The molecule has 1 aliphatic heterocycles. The van der Waals surface area contributed by atoms with Crippen molar-refractivity contribution in [3.63, 3.8) is 0 Å². The predicted molar refractivity (Wildman–Crippen MR) is 120 cm³/mol. The third kappa shape index (κ3) is 3.92. The normalized spacial score (nSPS) is 38.3. The van der Waals surface area contributed by atoms with Crippen molar-refractivity contribution in [2.45, 2.75) is 94.3 Å². The summed E-state index contributed by atoms with van der Waals surface area (Å²) in [6.45, 7) is 1.55. The predicted octanol–water partition coefficient (Wildman–Crippen LogP) is 3.39. The van der Waals surface area contributed by atoms with Crippen LogP contribution < -0.4 is 10.6 Å². The Labute approximate surface area is 190 Å². The van der Waals surface area contributed by atoms with E-state index in [1.165, 1.54) is 12.8 Å². The highest BCUT2D eigenvalue weighted by atomic mass is 16.5. The number of nitrogens with one attached hydrogen (secondary N) is 2. The van der Waals surface area contributed by atoms with Crippen molar-refractivity contribution < 1.29 is 14.6 Å². The second-order valence-corrected chi connectivity index (χ2v) is 11.2. The molecule has 32 heavy (non-hydrogen) atoms. The fourth-order valence-corrected chi connectivity index (χ4v) is 7.62. The van der Waals surface area contributed by atoms with Gasteiger partial charge in [-0.2, -0.15) is 0 Å². The average Bonchev–Trinajstić information content (AvgIpc) is 3.48. The molecule has 3 N–H and O–H groups in total. The number of hydrogen-bond donors (Lipinski definition) is 3. The van der Waals surface area contributed by atoms with E-state index < -0.39 is 5.60 Å². The Morgan fingerprint density at radius 1 is 1.12 bits per heavy atom. The van der Waals surface area contributed by atoms with Crippen molar-refractivity contribution in [1.82, 2.24) is 15.3 Å². The van der Waals surface area contributed by atoms with Gasteiger partial charge in [0.2, 0.25) is 5.95 Å². The van der Waals surface area contributed by atoms with E-state index in [-0.39, 0.29) is 18.1 Å². The number of carbonyl (C=O) groups is 1. The largest absolute Gasteiger partial charge is 0.390 e. The van der Waals surface area contributed by atoms with Gasteiger partial charge in [0.05, 0.1) is 23.0 Å². The molecular weight excluding hydrogens is 404 g/mol. The van der Waals surface area contributed by atoms with E-state index in [1.54, 1.807) is 6.20 Å². The molecule has 1 amide bonds. The molecule has 2 unspecified atom stereocenters. The van der Waals surface area contributed by atoms with E-state index >= 15 is 0 Å². The molecule has 7 rings (SSSR count). The monoisotopic (exact) mass is 440 g/mol. The smallest absolute Gasteiger partial charge is 0.254 e. The maximum Gasteiger partial charge on any atom is 0.254 e. The standard InChI is InChI=1S/C25H36N4O3/c30-23(28-21-17-8-15-9-18(21)12-25(31,10-15)11-17)20-14-27-24(26-13-19-6-3-7-32-19)29-22(20)16-4-1-2-5-16/h14-19,21,31H,1-13H2,(H,28,30)(H,26,27,29)/t15?,17?,18?,19-,21-,25+/m0/s1. The number of ether oxygens (including phenoxy) is 1. The minimum Gasteiger partial charge on any atom is -0.390 e. The highest BCUT2D eigenvalue weighted by Crippen LogP contribution is 2.55. The number of rotatable bonds is 6. The van der Waals surface area contributed by atoms with Gasteiger partial charge in [0.1, 0.15) is 0 Å². The van der Waals surface area contributed by atoms with E-state index in [1.807, 2.05) is 0 Å². The van der Waals surface area contributed by atoms with Gasteiger partial charge in [-0.05, 0) is 75.5 Å². The van der Waals surface area contributed by atoms with Gasteiger partial charge >= 0.3 is 0 Å². The molecular formula is C25H36N4O3. The minimum absolute atomic E-state index is 0.0259. The van der Waals surface area contributed by atoms with Crippen LogP contribution >= 0.6 is 0 Å². The molecule has 5 saturated carbocycles. The Balaban J connectivity index is 1.19. The van der Waals surface area contributed by atoms with Gasteiger partial charge in [-0.25, -0.2) is 9.97 Å². The van der Waals surface area contributed by atoms with Crippen molar-refractivity contribution in [1.29, 1.82) is 0 Å². The minimum atomic E-state index is -0.480. The summed E-state index contributed by atoms with van der Waals surface area (Å²) < 4.78 is 5.71. The first kappa shape index (κ1) is 20.8. The molecule has 174 valence electrons. The van der Waals surface area contributed by atoms with Gasteiger partial charge < -0.3 is 20.5 Å². The summed E-state index contributed by atoms with van der Waals surface area (Å²) in [5.74, 6) is 2.35. The topological polar surface area (TPSA) is 96.4 Å². The molecule has 3 atom stereocenters. The lowest BCUT2D eigenvalue weighted by Gasteiger charge is -2.58. The average molecular weight is 441 g/mol. The molecule has 5 aliphatic carbocycles. The molecule has 6 aliphatic rings. The zero-order valence-corrected chi connectivity index (χ0v) is 18.9. The van der Waals surface area contributed by atoms with Crippen LogP contribution in [-0.4, -0.2) is 51.9 Å². The number of amides is 1. The van der Waals surface area contributed by atoms with Crippen molar-refractivity contribution >= 4 is 11.9 Å². The fourth-order valence-electron chi connectivity index (χ4n) is 7.62. The fraction of sp³-hybridized carbons (Fsp3) is 0.800. The maximum atomic E-state index is 13.5. The summed E-state index contributed by atoms with van der Waals surface area (Å²) in [6, 6.07) is 0.174. The van der Waals surface area contributed by atoms with Crippen LogP contribution in [0.15, 0.2) is 6.20 Å². The first-order chi connectivity index (χ1) is 15.6. The van der Waals surface area contributed by atoms with E-state index in [0.717, 1.165) is 70.1 Å². The summed E-state index contributed by atoms with van der Waals surface area (Å²) in [6.07, 6.45) is 13.6.